The molecular formula is C14H13ClN2O4S. The van der Waals surface area contributed by atoms with Gasteiger partial charge in [-0.25, -0.2) is 18.1 Å². The molecule has 0 aliphatic carbocycles. The molecular weight excluding hydrogens is 328 g/mol. The molecule has 0 spiro atoms. The number of ether oxygens (including phenoxy) is 2. The van der Waals surface area contributed by atoms with E-state index in [9.17, 15) is 8.42 Å². The normalized spacial score (nSPS) is 17.2. The predicted molar refractivity (Wildman–Crippen MR) is 80.8 cm³/mol. The van der Waals surface area contributed by atoms with Gasteiger partial charge in [0.25, 0.3) is 0 Å². The van der Waals surface area contributed by atoms with E-state index < -0.39 is 16.1 Å². The van der Waals surface area contributed by atoms with Gasteiger partial charge >= 0.3 is 0 Å². The Bertz CT molecular complexity index is 765. The van der Waals surface area contributed by atoms with Crippen molar-refractivity contribution >= 4 is 21.6 Å². The summed E-state index contributed by atoms with van der Waals surface area (Å²) in [4.78, 5) is 3.81. The number of rotatable bonds is 4. The number of halogens is 1. The van der Waals surface area contributed by atoms with Crippen molar-refractivity contribution < 1.29 is 17.9 Å². The number of hydrogen-bond acceptors (Lipinski definition) is 5. The molecule has 0 saturated carbocycles. The van der Waals surface area contributed by atoms with E-state index in [1.54, 1.807) is 12.1 Å². The maximum Gasteiger partial charge on any atom is 0.242 e. The second-order valence-electron chi connectivity index (χ2n) is 4.67. The number of fused-ring (bicyclic) bond motifs is 1. The molecule has 8 heteroatoms. The number of benzene rings is 1. The molecule has 0 saturated heterocycles. The highest BCUT2D eigenvalue weighted by molar-refractivity contribution is 7.89. The Labute approximate surface area is 133 Å². The Morgan fingerprint density at radius 3 is 2.73 bits per heavy atom. The fourth-order valence-corrected chi connectivity index (χ4v) is 3.09. The van der Waals surface area contributed by atoms with Gasteiger partial charge in [0.05, 0.1) is 6.54 Å². The van der Waals surface area contributed by atoms with E-state index in [-0.39, 0.29) is 23.2 Å². The maximum absolute atomic E-state index is 12.1. The quantitative estimate of drug-likeness (QED) is 0.859. The van der Waals surface area contributed by atoms with E-state index in [0.29, 0.717) is 11.5 Å². The van der Waals surface area contributed by atoms with Gasteiger partial charge < -0.3 is 9.47 Å². The first-order valence-corrected chi connectivity index (χ1v) is 8.40. The number of sulfonamides is 1. The standard InChI is InChI=1S/C14H13ClN2O4S/c15-14-6-5-11(8-16-14)22(18,19)17-7-10-9-20-12-3-1-2-4-13(12)21-10/h1-6,8,10,17H,7,9H2. The van der Waals surface area contributed by atoms with E-state index >= 15 is 0 Å². The first-order chi connectivity index (χ1) is 10.5. The van der Waals surface area contributed by atoms with Crippen molar-refractivity contribution in [2.24, 2.45) is 0 Å². The van der Waals surface area contributed by atoms with Gasteiger partial charge in [-0.2, -0.15) is 0 Å². The molecule has 1 aromatic heterocycles. The minimum atomic E-state index is -3.66. The molecule has 1 N–H and O–H groups in total. The Morgan fingerprint density at radius 2 is 2.00 bits per heavy atom. The summed E-state index contributed by atoms with van der Waals surface area (Å²) in [5.41, 5.74) is 0. The highest BCUT2D eigenvalue weighted by Crippen LogP contribution is 2.30. The van der Waals surface area contributed by atoms with E-state index in [1.165, 1.54) is 18.3 Å². The first-order valence-electron chi connectivity index (χ1n) is 6.54. The molecule has 116 valence electrons. The van der Waals surface area contributed by atoms with Crippen molar-refractivity contribution in [3.05, 3.63) is 47.7 Å². The molecule has 0 amide bonds. The molecule has 1 aliphatic rings. The van der Waals surface area contributed by atoms with Crippen LogP contribution in [0, 0.1) is 0 Å². The lowest BCUT2D eigenvalue weighted by Gasteiger charge is -2.26. The first kappa shape index (κ1) is 15.1. The predicted octanol–water partition coefficient (Wildman–Crippen LogP) is 1.85. The van der Waals surface area contributed by atoms with Gasteiger partial charge in [-0.3, -0.25) is 0 Å². The minimum absolute atomic E-state index is 0.0500. The summed E-state index contributed by atoms with van der Waals surface area (Å²) in [6.45, 7) is 0.373. The summed E-state index contributed by atoms with van der Waals surface area (Å²) >= 11 is 5.65. The third-order valence-corrected chi connectivity index (χ3v) is 4.71. The highest BCUT2D eigenvalue weighted by Gasteiger charge is 2.23. The fraction of sp³-hybridized carbons (Fsp3) is 0.214. The van der Waals surface area contributed by atoms with Gasteiger partial charge in [-0.05, 0) is 24.3 Å². The lowest BCUT2D eigenvalue weighted by Crippen LogP contribution is -2.40. The zero-order valence-corrected chi connectivity index (χ0v) is 13.0. The van der Waals surface area contributed by atoms with Gasteiger partial charge in [0.15, 0.2) is 11.5 Å². The van der Waals surface area contributed by atoms with Gasteiger partial charge in [-0.1, -0.05) is 23.7 Å². The van der Waals surface area contributed by atoms with Crippen molar-refractivity contribution in [1.29, 1.82) is 0 Å². The van der Waals surface area contributed by atoms with Gasteiger partial charge in [0, 0.05) is 6.20 Å². The van der Waals surface area contributed by atoms with E-state index in [1.807, 2.05) is 12.1 Å². The summed E-state index contributed by atoms with van der Waals surface area (Å²) in [7, 11) is -3.66. The van der Waals surface area contributed by atoms with Crippen LogP contribution in [0.3, 0.4) is 0 Å². The number of hydrogen-bond donors (Lipinski definition) is 1. The fourth-order valence-electron chi connectivity index (χ4n) is 1.97. The van der Waals surface area contributed by atoms with Crippen LogP contribution in [0.5, 0.6) is 11.5 Å². The van der Waals surface area contributed by atoms with Crippen LogP contribution in [0.15, 0.2) is 47.5 Å². The molecule has 1 aliphatic heterocycles. The molecule has 1 unspecified atom stereocenters. The zero-order valence-electron chi connectivity index (χ0n) is 11.4. The van der Waals surface area contributed by atoms with Crippen LogP contribution in [0.4, 0.5) is 0 Å². The van der Waals surface area contributed by atoms with Crippen LogP contribution in [0.1, 0.15) is 0 Å². The Hall–Kier alpha value is -1.83. The molecule has 0 radical (unpaired) electrons. The molecule has 3 rings (SSSR count). The monoisotopic (exact) mass is 340 g/mol. The molecule has 1 atom stereocenters. The van der Waals surface area contributed by atoms with Crippen LogP contribution in [0.25, 0.3) is 0 Å². The van der Waals surface area contributed by atoms with Gasteiger partial charge in [-0.15, -0.1) is 0 Å². The van der Waals surface area contributed by atoms with Crippen molar-refractivity contribution in [2.75, 3.05) is 13.2 Å². The molecule has 2 heterocycles. The summed E-state index contributed by atoms with van der Waals surface area (Å²) in [5.74, 6) is 1.26. The molecule has 22 heavy (non-hydrogen) atoms. The van der Waals surface area contributed by atoms with Crippen LogP contribution >= 0.6 is 11.6 Å². The number of aromatic nitrogens is 1. The Balaban J connectivity index is 1.64. The average molecular weight is 341 g/mol. The Morgan fingerprint density at radius 1 is 1.23 bits per heavy atom. The summed E-state index contributed by atoms with van der Waals surface area (Å²) in [6, 6.07) is 10.1. The number of pyridine rings is 1. The zero-order chi connectivity index (χ0) is 15.6. The van der Waals surface area contributed by atoms with Crippen LogP contribution in [-0.4, -0.2) is 32.7 Å². The van der Waals surface area contributed by atoms with Crippen molar-refractivity contribution in [3.8, 4) is 11.5 Å². The van der Waals surface area contributed by atoms with E-state index in [2.05, 4.69) is 9.71 Å². The van der Waals surface area contributed by atoms with E-state index in [0.717, 1.165) is 0 Å². The molecule has 1 aromatic carbocycles. The van der Waals surface area contributed by atoms with Crippen molar-refractivity contribution in [3.63, 3.8) is 0 Å². The molecule has 0 bridgehead atoms. The largest absolute Gasteiger partial charge is 0.486 e. The second kappa shape index (κ2) is 6.12. The summed E-state index contributed by atoms with van der Waals surface area (Å²) in [6.07, 6.45) is 0.808. The highest BCUT2D eigenvalue weighted by atomic mass is 35.5. The lowest BCUT2D eigenvalue weighted by molar-refractivity contribution is 0.0943. The number of nitrogens with zero attached hydrogens (tertiary/aromatic N) is 1. The van der Waals surface area contributed by atoms with Crippen LogP contribution in [-0.2, 0) is 10.0 Å². The smallest absolute Gasteiger partial charge is 0.242 e. The van der Waals surface area contributed by atoms with Crippen molar-refractivity contribution in [1.82, 2.24) is 9.71 Å². The molecule has 6 nitrogen and oxygen atoms in total. The third-order valence-electron chi connectivity index (χ3n) is 3.08. The topological polar surface area (TPSA) is 77.5 Å². The summed E-state index contributed by atoms with van der Waals surface area (Å²) in [5, 5.41) is 0.236. The number of nitrogens with one attached hydrogen (secondary N) is 1. The lowest BCUT2D eigenvalue weighted by atomic mass is 10.2. The van der Waals surface area contributed by atoms with Crippen LogP contribution < -0.4 is 14.2 Å². The Kier molecular flexibility index (Phi) is 4.19. The second-order valence-corrected chi connectivity index (χ2v) is 6.82. The third kappa shape index (κ3) is 3.32. The SMILES string of the molecule is O=S(=O)(NCC1COc2ccccc2O1)c1ccc(Cl)nc1. The maximum atomic E-state index is 12.1. The van der Waals surface area contributed by atoms with Crippen molar-refractivity contribution in [2.45, 2.75) is 11.0 Å². The summed E-state index contributed by atoms with van der Waals surface area (Å²) < 4.78 is 38.0. The molecule has 0 fully saturated rings. The minimum Gasteiger partial charge on any atom is -0.486 e. The van der Waals surface area contributed by atoms with E-state index in [4.69, 9.17) is 21.1 Å². The van der Waals surface area contributed by atoms with Gasteiger partial charge in [0.2, 0.25) is 10.0 Å². The van der Waals surface area contributed by atoms with Crippen LogP contribution in [0.2, 0.25) is 5.15 Å². The van der Waals surface area contributed by atoms with Gasteiger partial charge in [0.1, 0.15) is 22.8 Å². The average Bonchev–Trinajstić information content (AvgIpc) is 2.53. The number of para-hydroxylation sites is 2. The molecule has 2 aromatic rings.